The normalized spacial score (nSPS) is 11.0. The number of nitrogens with one attached hydrogen (secondary N) is 2. The molecule has 0 unspecified atom stereocenters. The Hall–Kier alpha value is -3.29. The number of nitrogens with zero attached hydrogens (tertiary/aromatic N) is 3. The van der Waals surface area contributed by atoms with Crippen LogP contribution in [0.2, 0.25) is 0 Å². The molecule has 7 heteroatoms. The average Bonchev–Trinajstić information content (AvgIpc) is 2.83. The molecule has 2 heterocycles. The first kappa shape index (κ1) is 22.9. The highest BCUT2D eigenvalue weighted by atomic mass is 32.1. The molecule has 170 valence electrons. The molecule has 0 aliphatic rings. The summed E-state index contributed by atoms with van der Waals surface area (Å²) in [6.45, 7) is 6.63. The number of para-hydroxylation sites is 2. The van der Waals surface area contributed by atoms with Crippen molar-refractivity contribution in [2.45, 2.75) is 20.3 Å². The van der Waals surface area contributed by atoms with Gasteiger partial charge in [-0.3, -0.25) is 14.1 Å². The van der Waals surface area contributed by atoms with Crippen molar-refractivity contribution in [1.82, 2.24) is 14.3 Å². The Morgan fingerprint density at radius 1 is 1.03 bits per heavy atom. The summed E-state index contributed by atoms with van der Waals surface area (Å²) in [5.74, 6) is 0.678. The van der Waals surface area contributed by atoms with Gasteiger partial charge < -0.3 is 10.2 Å². The molecule has 0 atom stereocenters. The minimum atomic E-state index is -0.0579. The first-order valence-electron chi connectivity index (χ1n) is 11.2. The Labute approximate surface area is 199 Å². The van der Waals surface area contributed by atoms with Crippen molar-refractivity contribution in [1.29, 1.82) is 0 Å². The van der Waals surface area contributed by atoms with E-state index in [9.17, 15) is 4.79 Å². The van der Waals surface area contributed by atoms with Crippen LogP contribution < -0.4 is 20.4 Å². The fourth-order valence-electron chi connectivity index (χ4n) is 4.03. The van der Waals surface area contributed by atoms with E-state index in [1.54, 1.807) is 6.07 Å². The Morgan fingerprint density at radius 3 is 2.39 bits per heavy atom. The number of benzene rings is 2. The molecule has 0 radical (unpaired) electrons. The zero-order valence-electron chi connectivity index (χ0n) is 19.0. The van der Waals surface area contributed by atoms with Crippen molar-refractivity contribution in [2.24, 2.45) is 0 Å². The molecule has 6 nitrogen and oxygen atoms in total. The number of rotatable bonds is 9. The molecule has 0 saturated carbocycles. The fraction of sp³-hybridized carbons (Fsp3) is 0.231. The maximum Gasteiger partial charge on any atom is 0.193 e. The molecule has 2 aromatic heterocycles. The highest BCUT2D eigenvalue weighted by Gasteiger charge is 2.17. The molecule has 0 saturated heterocycles. The molecule has 0 bridgehead atoms. The summed E-state index contributed by atoms with van der Waals surface area (Å²) < 4.78 is 4.91. The molecule has 4 rings (SSSR count). The SMILES string of the molecule is CCN(CCCNS)c1cc2c(=O)cc(Nc3ccccc3)n(-c3ccccc3)c2nc1C. The van der Waals surface area contributed by atoms with Gasteiger partial charge in [-0.25, -0.2) is 4.98 Å². The third-order valence-electron chi connectivity index (χ3n) is 5.65. The fourth-order valence-corrected chi connectivity index (χ4v) is 4.19. The van der Waals surface area contributed by atoms with E-state index < -0.39 is 0 Å². The summed E-state index contributed by atoms with van der Waals surface area (Å²) in [4.78, 5) is 20.5. The number of aromatic nitrogens is 2. The lowest BCUT2D eigenvalue weighted by Gasteiger charge is -2.25. The lowest BCUT2D eigenvalue weighted by molar-refractivity contribution is 0.735. The summed E-state index contributed by atoms with van der Waals surface area (Å²) in [6, 6.07) is 23.5. The van der Waals surface area contributed by atoms with Gasteiger partial charge in [0.25, 0.3) is 0 Å². The third-order valence-corrected chi connectivity index (χ3v) is 5.88. The van der Waals surface area contributed by atoms with Crippen molar-refractivity contribution in [2.75, 3.05) is 29.9 Å². The van der Waals surface area contributed by atoms with Gasteiger partial charge in [0.1, 0.15) is 11.5 Å². The molecular formula is C26H29N5OS. The number of fused-ring (bicyclic) bond motifs is 1. The van der Waals surface area contributed by atoms with Crippen LogP contribution >= 0.6 is 12.8 Å². The quantitative estimate of drug-likeness (QED) is 0.240. The molecule has 0 amide bonds. The monoisotopic (exact) mass is 459 g/mol. The number of pyridine rings is 2. The summed E-state index contributed by atoms with van der Waals surface area (Å²) in [6.07, 6.45) is 0.947. The molecule has 0 spiro atoms. The third kappa shape index (κ3) is 5.05. The molecule has 2 aromatic carbocycles. The minimum absolute atomic E-state index is 0.0579. The maximum atomic E-state index is 13.3. The van der Waals surface area contributed by atoms with E-state index in [2.05, 4.69) is 34.7 Å². The van der Waals surface area contributed by atoms with Crippen molar-refractivity contribution in [3.8, 4) is 5.69 Å². The van der Waals surface area contributed by atoms with E-state index in [0.29, 0.717) is 16.9 Å². The van der Waals surface area contributed by atoms with Gasteiger partial charge in [-0.15, -0.1) is 0 Å². The highest BCUT2D eigenvalue weighted by molar-refractivity contribution is 7.78. The summed E-state index contributed by atoms with van der Waals surface area (Å²) in [5, 5.41) is 4.01. The molecule has 0 aliphatic carbocycles. The van der Waals surface area contributed by atoms with E-state index in [1.165, 1.54) is 0 Å². The predicted molar refractivity (Wildman–Crippen MR) is 141 cm³/mol. The largest absolute Gasteiger partial charge is 0.370 e. The zero-order chi connectivity index (χ0) is 23.2. The van der Waals surface area contributed by atoms with Gasteiger partial charge in [0.15, 0.2) is 5.43 Å². The lowest BCUT2D eigenvalue weighted by atomic mass is 10.1. The first-order chi connectivity index (χ1) is 16.1. The van der Waals surface area contributed by atoms with Gasteiger partial charge in [0.2, 0.25) is 0 Å². The van der Waals surface area contributed by atoms with Crippen molar-refractivity contribution in [3.63, 3.8) is 0 Å². The van der Waals surface area contributed by atoms with Gasteiger partial charge in [-0.1, -0.05) is 49.2 Å². The van der Waals surface area contributed by atoms with E-state index in [1.807, 2.05) is 78.2 Å². The second kappa shape index (κ2) is 10.6. The van der Waals surface area contributed by atoms with E-state index >= 15 is 0 Å². The van der Waals surface area contributed by atoms with Gasteiger partial charge in [-0.2, -0.15) is 0 Å². The van der Waals surface area contributed by atoms with Crippen molar-refractivity contribution in [3.05, 3.63) is 88.7 Å². The number of thiol groups is 1. The van der Waals surface area contributed by atoms with Gasteiger partial charge in [-0.05, 0) is 50.6 Å². The van der Waals surface area contributed by atoms with Crippen LogP contribution in [0.3, 0.4) is 0 Å². The molecule has 0 aliphatic heterocycles. The van der Waals surface area contributed by atoms with Crippen LogP contribution in [0.4, 0.5) is 17.2 Å². The molecule has 2 N–H and O–H groups in total. The van der Waals surface area contributed by atoms with E-state index in [-0.39, 0.29) is 5.43 Å². The molecule has 33 heavy (non-hydrogen) atoms. The van der Waals surface area contributed by atoms with Crippen LogP contribution in [0, 0.1) is 6.92 Å². The van der Waals surface area contributed by atoms with Crippen LogP contribution in [0.15, 0.2) is 77.6 Å². The summed E-state index contributed by atoms with van der Waals surface area (Å²) in [5.41, 5.74) is 4.31. The molecule has 4 aromatic rings. The van der Waals surface area contributed by atoms with E-state index in [4.69, 9.17) is 4.98 Å². The number of anilines is 3. The Morgan fingerprint density at radius 2 is 1.73 bits per heavy atom. The van der Waals surface area contributed by atoms with Gasteiger partial charge in [0, 0.05) is 37.1 Å². The molecular weight excluding hydrogens is 430 g/mol. The highest BCUT2D eigenvalue weighted by Crippen LogP contribution is 2.28. The topological polar surface area (TPSA) is 62.2 Å². The van der Waals surface area contributed by atoms with Crippen molar-refractivity contribution >= 4 is 41.0 Å². The lowest BCUT2D eigenvalue weighted by Crippen LogP contribution is -2.27. The van der Waals surface area contributed by atoms with Crippen LogP contribution in [0.1, 0.15) is 19.0 Å². The number of hydrogen-bond acceptors (Lipinski definition) is 6. The summed E-state index contributed by atoms with van der Waals surface area (Å²) in [7, 11) is 0. The zero-order valence-corrected chi connectivity index (χ0v) is 19.8. The Balaban J connectivity index is 1.89. The Kier molecular flexibility index (Phi) is 7.32. The second-order valence-corrected chi connectivity index (χ2v) is 8.18. The maximum absolute atomic E-state index is 13.3. The van der Waals surface area contributed by atoms with Crippen LogP contribution in [0.5, 0.6) is 0 Å². The first-order valence-corrected chi connectivity index (χ1v) is 11.6. The number of aryl methyl sites for hydroxylation is 1. The molecule has 0 fully saturated rings. The van der Waals surface area contributed by atoms with Gasteiger partial charge >= 0.3 is 0 Å². The minimum Gasteiger partial charge on any atom is -0.370 e. The predicted octanol–water partition coefficient (Wildman–Crippen LogP) is 5.09. The number of hydrogen-bond donors (Lipinski definition) is 3. The van der Waals surface area contributed by atoms with E-state index in [0.717, 1.165) is 48.8 Å². The van der Waals surface area contributed by atoms with Crippen LogP contribution in [-0.2, 0) is 0 Å². The van der Waals surface area contributed by atoms with Crippen molar-refractivity contribution < 1.29 is 0 Å². The standard InChI is InChI=1S/C26H29N5OS/c1-3-30(16-10-15-27-33)23-17-22-24(32)18-25(29-20-11-6-4-7-12-20)31(26(22)28-19(23)2)21-13-8-5-9-14-21/h4-9,11-14,17-18,27,29,33H,3,10,15-16H2,1-2H3. The van der Waals surface area contributed by atoms with Gasteiger partial charge in [0.05, 0.1) is 16.8 Å². The van der Waals surface area contributed by atoms with Crippen LogP contribution in [0.25, 0.3) is 16.7 Å². The second-order valence-electron chi connectivity index (χ2n) is 7.86. The Bertz CT molecular complexity index is 1270. The summed E-state index contributed by atoms with van der Waals surface area (Å²) >= 11 is 4.08. The smallest absolute Gasteiger partial charge is 0.193 e. The average molecular weight is 460 g/mol. The van der Waals surface area contributed by atoms with Crippen LogP contribution in [-0.4, -0.2) is 29.2 Å².